The van der Waals surface area contributed by atoms with Crippen LogP contribution < -0.4 is 10.6 Å². The van der Waals surface area contributed by atoms with Crippen LogP contribution in [-0.4, -0.2) is 22.6 Å². The second-order valence-corrected chi connectivity index (χ2v) is 12.4. The summed E-state index contributed by atoms with van der Waals surface area (Å²) in [6.45, 7) is 9.28. The van der Waals surface area contributed by atoms with Crippen molar-refractivity contribution in [3.05, 3.63) is 48.5 Å². The summed E-state index contributed by atoms with van der Waals surface area (Å²) in [7, 11) is 0.0962. The van der Waals surface area contributed by atoms with Crippen molar-refractivity contribution in [2.75, 3.05) is 0 Å². The van der Waals surface area contributed by atoms with E-state index in [4.69, 9.17) is 0 Å². The molecule has 0 aromatic heterocycles. The fraction of sp³-hybridized carbons (Fsp3) is 0.500. The average molecular weight is 378 g/mol. The van der Waals surface area contributed by atoms with E-state index in [0.29, 0.717) is 0 Å². The van der Waals surface area contributed by atoms with Gasteiger partial charge in [0.2, 0.25) is 0 Å². The molecular formula is C20H20FeP2-10. The van der Waals surface area contributed by atoms with Crippen LogP contribution in [0.3, 0.4) is 0 Å². The summed E-state index contributed by atoms with van der Waals surface area (Å²) < 4.78 is 0. The van der Waals surface area contributed by atoms with E-state index >= 15 is 0 Å². The van der Waals surface area contributed by atoms with Gasteiger partial charge in [-0.2, -0.15) is 0 Å². The van der Waals surface area contributed by atoms with E-state index in [-0.39, 0.29) is 32.9 Å². The first kappa shape index (κ1) is 19.4. The van der Waals surface area contributed by atoms with Gasteiger partial charge in [0, 0.05) is 17.1 Å². The SMILES string of the molecule is C[C@@H]1C[C@@H](C)P1[c-]1[c-][c-][c-][c-]1.C[C@@H]1C[C@@H](C)P1[c-]1[c-][c-][c-][c-]1.[Fe]. The summed E-state index contributed by atoms with van der Waals surface area (Å²) in [6.07, 6.45) is 2.75. The van der Waals surface area contributed by atoms with E-state index in [1.54, 1.807) is 0 Å². The monoisotopic (exact) mass is 378 g/mol. The Hall–Kier alpha value is 0.0795. The molecule has 2 aromatic rings. The van der Waals surface area contributed by atoms with E-state index in [9.17, 15) is 0 Å². The van der Waals surface area contributed by atoms with E-state index in [1.165, 1.54) is 23.5 Å². The minimum Gasteiger partial charge on any atom is -0.998 e. The summed E-state index contributed by atoms with van der Waals surface area (Å²) in [5.74, 6) is 0. The topological polar surface area (TPSA) is 0 Å². The first-order valence-electron chi connectivity index (χ1n) is 7.92. The molecule has 2 fully saturated rings. The Bertz CT molecular complexity index is 492. The summed E-state index contributed by atoms with van der Waals surface area (Å²) in [4.78, 5) is 0. The van der Waals surface area contributed by atoms with Crippen molar-refractivity contribution in [3.8, 4) is 0 Å². The third kappa shape index (κ3) is 4.19. The predicted octanol–water partition coefficient (Wildman–Crippen LogP) is 3.79. The van der Waals surface area contributed by atoms with Gasteiger partial charge in [-0.1, -0.05) is 50.3 Å². The van der Waals surface area contributed by atoms with E-state index in [1.807, 2.05) is 0 Å². The zero-order chi connectivity index (χ0) is 15.7. The molecule has 0 radical (unpaired) electrons. The summed E-state index contributed by atoms with van der Waals surface area (Å²) in [5.41, 5.74) is 3.49. The maximum absolute atomic E-state index is 3.09. The minimum absolute atomic E-state index is 0. The molecule has 3 heteroatoms. The fourth-order valence-electron chi connectivity index (χ4n) is 3.60. The fourth-order valence-corrected chi connectivity index (χ4v) is 9.23. The van der Waals surface area contributed by atoms with Gasteiger partial charge in [-0.3, -0.25) is 0 Å². The van der Waals surface area contributed by atoms with Gasteiger partial charge >= 0.3 is 0 Å². The molecule has 0 amide bonds. The Morgan fingerprint density at radius 3 is 1.09 bits per heavy atom. The normalized spacial score (nSPS) is 30.4. The maximum Gasteiger partial charge on any atom is 0 e. The zero-order valence-electron chi connectivity index (χ0n) is 14.0. The van der Waals surface area contributed by atoms with Crippen LogP contribution in [0, 0.1) is 48.5 Å². The summed E-state index contributed by atoms with van der Waals surface area (Å²) >= 11 is 0. The third-order valence-electron chi connectivity index (χ3n) is 4.63. The molecule has 2 heterocycles. The van der Waals surface area contributed by atoms with Gasteiger partial charge < -0.3 is 75.0 Å². The second kappa shape index (κ2) is 8.45. The van der Waals surface area contributed by atoms with Crippen LogP contribution in [0.4, 0.5) is 0 Å². The molecular weight excluding hydrogens is 358 g/mol. The van der Waals surface area contributed by atoms with Crippen LogP contribution in [0.1, 0.15) is 40.5 Å². The van der Waals surface area contributed by atoms with Crippen LogP contribution >= 0.6 is 15.8 Å². The molecule has 2 aromatic carbocycles. The summed E-state index contributed by atoms with van der Waals surface area (Å²) in [6, 6.07) is 23.7. The largest absolute Gasteiger partial charge is 0.998 e. The molecule has 2 aliphatic rings. The second-order valence-electron chi connectivity index (χ2n) is 6.38. The van der Waals surface area contributed by atoms with Gasteiger partial charge in [0.1, 0.15) is 0 Å². The Labute approximate surface area is 155 Å². The van der Waals surface area contributed by atoms with Crippen LogP contribution in [0.2, 0.25) is 0 Å². The first-order chi connectivity index (χ1) is 10.6. The first-order valence-corrected chi connectivity index (χ1v) is 10.9. The van der Waals surface area contributed by atoms with Crippen LogP contribution in [0.5, 0.6) is 0 Å². The van der Waals surface area contributed by atoms with Crippen molar-refractivity contribution in [1.82, 2.24) is 0 Å². The van der Waals surface area contributed by atoms with Gasteiger partial charge in [0.05, 0.1) is 0 Å². The van der Waals surface area contributed by atoms with Gasteiger partial charge in [0.25, 0.3) is 0 Å². The zero-order valence-corrected chi connectivity index (χ0v) is 16.9. The molecule has 0 N–H and O–H groups in total. The van der Waals surface area contributed by atoms with Gasteiger partial charge in [0.15, 0.2) is 0 Å². The molecule has 0 aliphatic carbocycles. The van der Waals surface area contributed by atoms with Crippen molar-refractivity contribution in [2.24, 2.45) is 0 Å². The Kier molecular flexibility index (Phi) is 7.13. The standard InChI is InChI=1S/2C10H10P.Fe/c2*1-8-7-9(2)11(8)10-5-3-4-6-10;/h2*8-9H,7H2,1-2H3;/q2*-5;/t2*8-,9-;/m11./s1. The number of rotatable bonds is 2. The molecule has 4 rings (SSSR count). The molecule has 0 nitrogen and oxygen atoms in total. The minimum atomic E-state index is 0. The number of hydrogen-bond donors (Lipinski definition) is 0. The Morgan fingerprint density at radius 2 is 0.870 bits per heavy atom. The molecule has 2 aliphatic heterocycles. The maximum atomic E-state index is 3.09. The molecule has 0 unspecified atom stereocenters. The van der Waals surface area contributed by atoms with Gasteiger partial charge in [-0.15, -0.1) is 0 Å². The molecule has 0 spiro atoms. The molecule has 128 valence electrons. The van der Waals surface area contributed by atoms with Crippen molar-refractivity contribution in [2.45, 2.75) is 63.2 Å². The molecule has 4 atom stereocenters. The van der Waals surface area contributed by atoms with E-state index < -0.39 is 0 Å². The van der Waals surface area contributed by atoms with Crippen molar-refractivity contribution >= 4 is 26.5 Å². The van der Waals surface area contributed by atoms with Crippen molar-refractivity contribution < 1.29 is 17.1 Å². The van der Waals surface area contributed by atoms with Crippen LogP contribution in [0.15, 0.2) is 0 Å². The molecule has 0 saturated carbocycles. The Balaban J connectivity index is 0.000000160. The van der Waals surface area contributed by atoms with Crippen molar-refractivity contribution in [1.29, 1.82) is 0 Å². The van der Waals surface area contributed by atoms with Crippen LogP contribution in [0.25, 0.3) is 0 Å². The third-order valence-corrected chi connectivity index (χ3v) is 10.8. The predicted molar refractivity (Wildman–Crippen MR) is 94.9 cm³/mol. The van der Waals surface area contributed by atoms with Gasteiger partial charge in [-0.05, 0) is 12.8 Å². The van der Waals surface area contributed by atoms with E-state index in [0.717, 1.165) is 22.6 Å². The van der Waals surface area contributed by atoms with Gasteiger partial charge in [-0.25, -0.2) is 0 Å². The molecule has 2 saturated heterocycles. The molecule has 0 bridgehead atoms. The average Bonchev–Trinajstić information content (AvgIpc) is 3.13. The molecule has 23 heavy (non-hydrogen) atoms. The smallest absolute Gasteiger partial charge is 0 e. The summed E-state index contributed by atoms with van der Waals surface area (Å²) in [5, 5.41) is 2.51. The van der Waals surface area contributed by atoms with Crippen molar-refractivity contribution in [3.63, 3.8) is 0 Å². The number of hydrogen-bond acceptors (Lipinski definition) is 0. The van der Waals surface area contributed by atoms with Crippen LogP contribution in [-0.2, 0) is 17.1 Å². The quantitative estimate of drug-likeness (QED) is 0.424. The Morgan fingerprint density at radius 1 is 0.609 bits per heavy atom. The van der Waals surface area contributed by atoms with E-state index in [2.05, 4.69) is 76.2 Å².